The summed E-state index contributed by atoms with van der Waals surface area (Å²) in [6.45, 7) is 4.17. The van der Waals surface area contributed by atoms with Crippen LogP contribution in [0.5, 0.6) is 0 Å². The number of nitrogens with zero attached hydrogens (tertiary/aromatic N) is 2. The van der Waals surface area contributed by atoms with E-state index in [1.54, 1.807) is 6.20 Å². The van der Waals surface area contributed by atoms with Crippen molar-refractivity contribution in [1.29, 1.82) is 0 Å². The molecule has 0 fully saturated rings. The monoisotopic (exact) mass is 179 g/mol. The lowest BCUT2D eigenvalue weighted by molar-refractivity contribution is 0.323. The quantitative estimate of drug-likeness (QED) is 0.761. The SMILES string of the molecule is CCCN(C)Cc1ccc(N)cn1. The number of nitrogen functional groups attached to an aromatic ring is 1. The van der Waals surface area contributed by atoms with Crippen molar-refractivity contribution in [2.24, 2.45) is 0 Å². The minimum atomic E-state index is 0.724. The van der Waals surface area contributed by atoms with Gasteiger partial charge in [-0.2, -0.15) is 0 Å². The number of hydrogen-bond donors (Lipinski definition) is 1. The fourth-order valence-corrected chi connectivity index (χ4v) is 1.27. The number of pyridine rings is 1. The van der Waals surface area contributed by atoms with Crippen molar-refractivity contribution in [3.8, 4) is 0 Å². The molecule has 0 radical (unpaired) electrons. The highest BCUT2D eigenvalue weighted by Gasteiger charge is 1.99. The number of anilines is 1. The molecule has 0 unspecified atom stereocenters. The second kappa shape index (κ2) is 4.82. The third kappa shape index (κ3) is 3.42. The molecular weight excluding hydrogens is 162 g/mol. The van der Waals surface area contributed by atoms with Gasteiger partial charge in [0.25, 0.3) is 0 Å². The molecule has 0 atom stereocenters. The smallest absolute Gasteiger partial charge is 0.0545 e. The topological polar surface area (TPSA) is 42.1 Å². The highest BCUT2D eigenvalue weighted by molar-refractivity contribution is 5.34. The summed E-state index contributed by atoms with van der Waals surface area (Å²) in [5.41, 5.74) is 7.34. The van der Waals surface area contributed by atoms with Gasteiger partial charge in [-0.15, -0.1) is 0 Å². The summed E-state index contributed by atoms with van der Waals surface area (Å²) in [5, 5.41) is 0. The molecule has 3 nitrogen and oxygen atoms in total. The minimum absolute atomic E-state index is 0.724. The van der Waals surface area contributed by atoms with Crippen LogP contribution in [0.1, 0.15) is 19.0 Å². The average Bonchev–Trinajstić information content (AvgIpc) is 2.09. The number of aromatic nitrogens is 1. The van der Waals surface area contributed by atoms with Gasteiger partial charge in [0.05, 0.1) is 17.6 Å². The lowest BCUT2D eigenvalue weighted by atomic mass is 10.3. The van der Waals surface area contributed by atoms with Crippen LogP contribution in [0.25, 0.3) is 0 Å². The molecule has 1 rings (SSSR count). The molecule has 0 aliphatic carbocycles. The Bertz CT molecular complexity index is 243. The number of nitrogens with two attached hydrogens (primary N) is 1. The van der Waals surface area contributed by atoms with Crippen molar-refractivity contribution in [1.82, 2.24) is 9.88 Å². The summed E-state index contributed by atoms with van der Waals surface area (Å²) in [6.07, 6.45) is 2.88. The Morgan fingerprint density at radius 3 is 2.77 bits per heavy atom. The first-order chi connectivity index (χ1) is 6.22. The third-order valence-corrected chi connectivity index (χ3v) is 1.88. The Kier molecular flexibility index (Phi) is 3.71. The van der Waals surface area contributed by atoms with Crippen molar-refractivity contribution < 1.29 is 0 Å². The molecule has 0 amide bonds. The van der Waals surface area contributed by atoms with Gasteiger partial charge in [0.2, 0.25) is 0 Å². The van der Waals surface area contributed by atoms with E-state index in [0.717, 1.165) is 24.5 Å². The summed E-state index contributed by atoms with van der Waals surface area (Å²) < 4.78 is 0. The fourth-order valence-electron chi connectivity index (χ4n) is 1.27. The third-order valence-electron chi connectivity index (χ3n) is 1.88. The van der Waals surface area contributed by atoms with Crippen LogP contribution >= 0.6 is 0 Å². The van der Waals surface area contributed by atoms with E-state index in [9.17, 15) is 0 Å². The van der Waals surface area contributed by atoms with Crippen LogP contribution in [0, 0.1) is 0 Å². The molecular formula is C10H17N3. The molecule has 1 heterocycles. The highest BCUT2D eigenvalue weighted by Crippen LogP contribution is 2.03. The van der Waals surface area contributed by atoms with Crippen LogP contribution in [0.4, 0.5) is 5.69 Å². The second-order valence-corrected chi connectivity index (χ2v) is 3.32. The summed E-state index contributed by atoms with van der Waals surface area (Å²) >= 11 is 0. The van der Waals surface area contributed by atoms with Gasteiger partial charge in [-0.3, -0.25) is 4.98 Å². The number of hydrogen-bond acceptors (Lipinski definition) is 3. The van der Waals surface area contributed by atoms with Gasteiger partial charge >= 0.3 is 0 Å². The van der Waals surface area contributed by atoms with Crippen LogP contribution in [0.3, 0.4) is 0 Å². The molecule has 1 aromatic heterocycles. The Morgan fingerprint density at radius 1 is 1.46 bits per heavy atom. The zero-order chi connectivity index (χ0) is 9.68. The second-order valence-electron chi connectivity index (χ2n) is 3.32. The Labute approximate surface area is 79.6 Å². The highest BCUT2D eigenvalue weighted by atomic mass is 15.1. The van der Waals surface area contributed by atoms with Crippen molar-refractivity contribution in [2.75, 3.05) is 19.3 Å². The van der Waals surface area contributed by atoms with Crippen molar-refractivity contribution in [3.63, 3.8) is 0 Å². The first-order valence-electron chi connectivity index (χ1n) is 4.61. The van der Waals surface area contributed by atoms with Gasteiger partial charge in [-0.25, -0.2) is 0 Å². The molecule has 0 aromatic carbocycles. The summed E-state index contributed by atoms with van der Waals surface area (Å²) in [5.74, 6) is 0. The maximum Gasteiger partial charge on any atom is 0.0545 e. The van der Waals surface area contributed by atoms with Gasteiger partial charge in [-0.1, -0.05) is 6.92 Å². The Hall–Kier alpha value is -1.09. The zero-order valence-corrected chi connectivity index (χ0v) is 8.33. The maximum atomic E-state index is 5.54. The van der Waals surface area contributed by atoms with Crippen molar-refractivity contribution in [2.45, 2.75) is 19.9 Å². The van der Waals surface area contributed by atoms with E-state index in [-0.39, 0.29) is 0 Å². The molecule has 3 heteroatoms. The van der Waals surface area contributed by atoms with Gasteiger partial charge in [0.15, 0.2) is 0 Å². The lowest BCUT2D eigenvalue weighted by Crippen LogP contribution is -2.19. The molecule has 72 valence electrons. The standard InChI is InChI=1S/C10H17N3/c1-3-6-13(2)8-10-5-4-9(11)7-12-10/h4-5,7H,3,6,8,11H2,1-2H3. The molecule has 0 saturated heterocycles. The normalized spacial score (nSPS) is 10.7. The zero-order valence-electron chi connectivity index (χ0n) is 8.33. The predicted molar refractivity (Wildman–Crippen MR) is 55.3 cm³/mol. The first-order valence-corrected chi connectivity index (χ1v) is 4.61. The van der Waals surface area contributed by atoms with Crippen LogP contribution < -0.4 is 5.73 Å². The molecule has 0 saturated carbocycles. The Balaban J connectivity index is 2.49. The Morgan fingerprint density at radius 2 is 2.23 bits per heavy atom. The molecule has 0 bridgehead atoms. The predicted octanol–water partition coefficient (Wildman–Crippen LogP) is 1.51. The van der Waals surface area contributed by atoms with Crippen molar-refractivity contribution >= 4 is 5.69 Å². The molecule has 2 N–H and O–H groups in total. The lowest BCUT2D eigenvalue weighted by Gasteiger charge is -2.14. The van der Waals surface area contributed by atoms with Crippen LogP contribution in [-0.4, -0.2) is 23.5 Å². The van der Waals surface area contributed by atoms with Crippen molar-refractivity contribution in [3.05, 3.63) is 24.0 Å². The van der Waals surface area contributed by atoms with E-state index < -0.39 is 0 Å². The van der Waals surface area contributed by atoms with Gasteiger partial charge in [0, 0.05) is 6.54 Å². The maximum absolute atomic E-state index is 5.54. The van der Waals surface area contributed by atoms with E-state index in [1.165, 1.54) is 6.42 Å². The van der Waals surface area contributed by atoms with E-state index in [4.69, 9.17) is 5.73 Å². The fraction of sp³-hybridized carbons (Fsp3) is 0.500. The van der Waals surface area contributed by atoms with Crippen LogP contribution in [-0.2, 0) is 6.54 Å². The summed E-state index contributed by atoms with van der Waals surface area (Å²) in [7, 11) is 2.10. The summed E-state index contributed by atoms with van der Waals surface area (Å²) in [4.78, 5) is 6.48. The van der Waals surface area contributed by atoms with E-state index in [2.05, 4.69) is 23.9 Å². The molecule has 1 aromatic rings. The van der Waals surface area contributed by atoms with Gasteiger partial charge < -0.3 is 10.6 Å². The molecule has 13 heavy (non-hydrogen) atoms. The van der Waals surface area contributed by atoms with Gasteiger partial charge in [0.1, 0.15) is 0 Å². The minimum Gasteiger partial charge on any atom is -0.397 e. The molecule has 0 aliphatic heterocycles. The van der Waals surface area contributed by atoms with Crippen LogP contribution in [0.15, 0.2) is 18.3 Å². The van der Waals surface area contributed by atoms with Crippen LogP contribution in [0.2, 0.25) is 0 Å². The summed E-state index contributed by atoms with van der Waals surface area (Å²) in [6, 6.07) is 3.86. The van der Waals surface area contributed by atoms with E-state index in [1.807, 2.05) is 12.1 Å². The molecule has 0 spiro atoms. The number of rotatable bonds is 4. The van der Waals surface area contributed by atoms with Gasteiger partial charge in [-0.05, 0) is 32.1 Å². The molecule has 0 aliphatic rings. The largest absolute Gasteiger partial charge is 0.397 e. The van der Waals surface area contributed by atoms with E-state index in [0.29, 0.717) is 0 Å². The van der Waals surface area contributed by atoms with E-state index >= 15 is 0 Å². The first kappa shape index (κ1) is 9.99. The average molecular weight is 179 g/mol.